The van der Waals surface area contributed by atoms with Crippen molar-refractivity contribution in [3.8, 4) is 11.5 Å². The first-order valence-corrected chi connectivity index (χ1v) is 3.86. The molecule has 3 heteroatoms. The Hall–Kier alpha value is -1.64. The Bertz CT molecular complexity index is 321. The van der Waals surface area contributed by atoms with E-state index in [0.29, 0.717) is 11.4 Å². The van der Waals surface area contributed by atoms with E-state index in [1.165, 1.54) is 0 Å². The molecule has 2 N–H and O–H groups in total. The van der Waals surface area contributed by atoms with Gasteiger partial charge in [-0.15, -0.1) is 0 Å². The zero-order valence-corrected chi connectivity index (χ0v) is 7.83. The van der Waals surface area contributed by atoms with Gasteiger partial charge in [0.25, 0.3) is 0 Å². The van der Waals surface area contributed by atoms with Crippen LogP contribution in [0.15, 0.2) is 24.8 Å². The molecule has 0 saturated carbocycles. The SMILES string of the molecule is C=C(N)c1cc(OC)ccc1OC. The summed E-state index contributed by atoms with van der Waals surface area (Å²) in [6.07, 6.45) is 0. The molecule has 70 valence electrons. The Morgan fingerprint density at radius 2 is 2.00 bits per heavy atom. The van der Waals surface area contributed by atoms with Crippen LogP contribution in [-0.2, 0) is 0 Å². The van der Waals surface area contributed by atoms with E-state index in [1.54, 1.807) is 26.4 Å². The van der Waals surface area contributed by atoms with Crippen molar-refractivity contribution in [3.05, 3.63) is 30.3 Å². The quantitative estimate of drug-likeness (QED) is 0.767. The third-order valence-electron chi connectivity index (χ3n) is 1.75. The second kappa shape index (κ2) is 3.85. The molecule has 0 amide bonds. The van der Waals surface area contributed by atoms with Crippen molar-refractivity contribution in [1.82, 2.24) is 0 Å². The summed E-state index contributed by atoms with van der Waals surface area (Å²) in [6, 6.07) is 5.40. The lowest BCUT2D eigenvalue weighted by molar-refractivity contribution is 0.402. The van der Waals surface area contributed by atoms with Gasteiger partial charge in [-0.05, 0) is 18.2 Å². The van der Waals surface area contributed by atoms with Crippen molar-refractivity contribution in [2.24, 2.45) is 5.73 Å². The maximum Gasteiger partial charge on any atom is 0.128 e. The van der Waals surface area contributed by atoms with Crippen molar-refractivity contribution >= 4 is 5.70 Å². The standard InChI is InChI=1S/C10H13NO2/c1-7(11)9-6-8(12-2)4-5-10(9)13-3/h4-6H,1,11H2,2-3H3. The summed E-state index contributed by atoms with van der Waals surface area (Å²) in [6.45, 7) is 3.65. The zero-order chi connectivity index (χ0) is 9.84. The van der Waals surface area contributed by atoms with Gasteiger partial charge in [0.05, 0.1) is 14.2 Å². The van der Waals surface area contributed by atoms with Crippen molar-refractivity contribution in [2.75, 3.05) is 14.2 Å². The van der Waals surface area contributed by atoms with Gasteiger partial charge in [0, 0.05) is 11.3 Å². The predicted molar refractivity (Wildman–Crippen MR) is 52.8 cm³/mol. The summed E-state index contributed by atoms with van der Waals surface area (Å²) in [5.41, 5.74) is 6.82. The van der Waals surface area contributed by atoms with Gasteiger partial charge in [-0.2, -0.15) is 0 Å². The van der Waals surface area contributed by atoms with Crippen LogP contribution in [0, 0.1) is 0 Å². The first kappa shape index (κ1) is 9.45. The first-order chi connectivity index (χ1) is 6.19. The topological polar surface area (TPSA) is 44.5 Å². The highest BCUT2D eigenvalue weighted by atomic mass is 16.5. The molecular formula is C10H13NO2. The average molecular weight is 179 g/mol. The summed E-state index contributed by atoms with van der Waals surface area (Å²) in [5, 5.41) is 0. The molecule has 0 atom stereocenters. The molecule has 1 rings (SSSR count). The fourth-order valence-electron chi connectivity index (χ4n) is 1.07. The largest absolute Gasteiger partial charge is 0.497 e. The van der Waals surface area contributed by atoms with E-state index in [2.05, 4.69) is 6.58 Å². The van der Waals surface area contributed by atoms with E-state index in [-0.39, 0.29) is 0 Å². The molecule has 0 spiro atoms. The van der Waals surface area contributed by atoms with Crippen LogP contribution in [0.2, 0.25) is 0 Å². The molecule has 3 nitrogen and oxygen atoms in total. The van der Waals surface area contributed by atoms with Crippen LogP contribution >= 0.6 is 0 Å². The predicted octanol–water partition coefficient (Wildman–Crippen LogP) is 1.63. The Morgan fingerprint density at radius 1 is 1.31 bits per heavy atom. The normalized spacial score (nSPS) is 9.38. The number of methoxy groups -OCH3 is 2. The fraction of sp³-hybridized carbons (Fsp3) is 0.200. The molecule has 1 aromatic rings. The number of ether oxygens (including phenoxy) is 2. The van der Waals surface area contributed by atoms with Crippen LogP contribution in [0.3, 0.4) is 0 Å². The lowest BCUT2D eigenvalue weighted by atomic mass is 10.1. The van der Waals surface area contributed by atoms with E-state index >= 15 is 0 Å². The molecular weight excluding hydrogens is 166 g/mol. The molecule has 0 fully saturated rings. The third kappa shape index (κ3) is 1.93. The lowest BCUT2D eigenvalue weighted by Crippen LogP contribution is -1.98. The van der Waals surface area contributed by atoms with E-state index in [0.717, 1.165) is 11.3 Å². The van der Waals surface area contributed by atoms with Gasteiger partial charge in [-0.25, -0.2) is 0 Å². The molecule has 0 aromatic heterocycles. The zero-order valence-electron chi connectivity index (χ0n) is 7.83. The molecule has 13 heavy (non-hydrogen) atoms. The number of nitrogens with two attached hydrogens (primary N) is 1. The van der Waals surface area contributed by atoms with Gasteiger partial charge < -0.3 is 15.2 Å². The Labute approximate surface area is 77.8 Å². The summed E-state index contributed by atoms with van der Waals surface area (Å²) in [7, 11) is 3.19. The van der Waals surface area contributed by atoms with Crippen LogP contribution in [0.4, 0.5) is 0 Å². The van der Waals surface area contributed by atoms with Crippen molar-refractivity contribution in [3.63, 3.8) is 0 Å². The molecule has 0 aliphatic carbocycles. The Balaban J connectivity index is 3.18. The third-order valence-corrected chi connectivity index (χ3v) is 1.75. The van der Waals surface area contributed by atoms with E-state index in [4.69, 9.17) is 15.2 Å². The van der Waals surface area contributed by atoms with E-state index < -0.39 is 0 Å². The summed E-state index contributed by atoms with van der Waals surface area (Å²) in [4.78, 5) is 0. The second-order valence-corrected chi connectivity index (χ2v) is 2.59. The van der Waals surface area contributed by atoms with E-state index in [1.807, 2.05) is 6.07 Å². The summed E-state index contributed by atoms with van der Waals surface area (Å²) < 4.78 is 10.2. The highest BCUT2D eigenvalue weighted by Crippen LogP contribution is 2.26. The number of hydrogen-bond acceptors (Lipinski definition) is 3. The Morgan fingerprint density at radius 3 is 2.46 bits per heavy atom. The van der Waals surface area contributed by atoms with Crippen LogP contribution in [0.1, 0.15) is 5.56 Å². The Kier molecular flexibility index (Phi) is 2.80. The van der Waals surface area contributed by atoms with Gasteiger partial charge in [0.1, 0.15) is 11.5 Å². The van der Waals surface area contributed by atoms with E-state index in [9.17, 15) is 0 Å². The molecule has 0 aliphatic rings. The number of hydrogen-bond donors (Lipinski definition) is 1. The van der Waals surface area contributed by atoms with Crippen molar-refractivity contribution in [2.45, 2.75) is 0 Å². The smallest absolute Gasteiger partial charge is 0.128 e. The minimum Gasteiger partial charge on any atom is -0.497 e. The molecule has 0 bridgehead atoms. The van der Waals surface area contributed by atoms with Crippen LogP contribution in [-0.4, -0.2) is 14.2 Å². The molecule has 0 heterocycles. The van der Waals surface area contributed by atoms with Crippen molar-refractivity contribution < 1.29 is 9.47 Å². The fourth-order valence-corrected chi connectivity index (χ4v) is 1.07. The molecule has 0 aliphatic heterocycles. The maximum absolute atomic E-state index is 5.58. The molecule has 1 aromatic carbocycles. The summed E-state index contributed by atoms with van der Waals surface area (Å²) in [5.74, 6) is 1.44. The first-order valence-electron chi connectivity index (χ1n) is 3.86. The van der Waals surface area contributed by atoms with Gasteiger partial charge in [0.15, 0.2) is 0 Å². The molecule has 0 radical (unpaired) electrons. The number of rotatable bonds is 3. The van der Waals surface area contributed by atoms with Gasteiger partial charge >= 0.3 is 0 Å². The van der Waals surface area contributed by atoms with Crippen molar-refractivity contribution in [1.29, 1.82) is 0 Å². The number of benzene rings is 1. The van der Waals surface area contributed by atoms with Crippen LogP contribution in [0.5, 0.6) is 11.5 Å². The lowest BCUT2D eigenvalue weighted by Gasteiger charge is -2.09. The minimum atomic E-state index is 0.468. The van der Waals surface area contributed by atoms with Gasteiger partial charge in [-0.3, -0.25) is 0 Å². The molecule has 0 saturated heterocycles. The van der Waals surface area contributed by atoms with Gasteiger partial charge in [0.2, 0.25) is 0 Å². The van der Waals surface area contributed by atoms with Crippen LogP contribution < -0.4 is 15.2 Å². The molecule has 0 unspecified atom stereocenters. The highest BCUT2D eigenvalue weighted by molar-refractivity contribution is 5.67. The monoisotopic (exact) mass is 179 g/mol. The summed E-state index contributed by atoms with van der Waals surface area (Å²) >= 11 is 0. The average Bonchev–Trinajstić information content (AvgIpc) is 2.16. The van der Waals surface area contributed by atoms with Crippen LogP contribution in [0.25, 0.3) is 5.70 Å². The highest BCUT2D eigenvalue weighted by Gasteiger charge is 2.05. The maximum atomic E-state index is 5.58. The minimum absolute atomic E-state index is 0.468. The second-order valence-electron chi connectivity index (χ2n) is 2.59. The van der Waals surface area contributed by atoms with Gasteiger partial charge in [-0.1, -0.05) is 6.58 Å².